The highest BCUT2D eigenvalue weighted by molar-refractivity contribution is 8.13. The number of hydrogen-bond donors (Lipinski definition) is 0. The maximum absolute atomic E-state index is 10.7. The van der Waals surface area contributed by atoms with Crippen molar-refractivity contribution in [1.29, 1.82) is 0 Å². The minimum Gasteiger partial charge on any atom is -0.337 e. The van der Waals surface area contributed by atoms with Gasteiger partial charge in [0.05, 0.1) is 0 Å². The first kappa shape index (κ1) is 5.95. The lowest BCUT2D eigenvalue weighted by Gasteiger charge is -2.20. The summed E-state index contributed by atoms with van der Waals surface area (Å²) in [4.78, 5) is 12.4. The summed E-state index contributed by atoms with van der Waals surface area (Å²) >= 11 is 1.41. The van der Waals surface area contributed by atoms with E-state index in [2.05, 4.69) is 0 Å². The highest BCUT2D eigenvalue weighted by Gasteiger charge is 2.12. The van der Waals surface area contributed by atoms with E-state index in [0.717, 1.165) is 18.7 Å². The van der Waals surface area contributed by atoms with Gasteiger partial charge in [0.15, 0.2) is 0 Å². The van der Waals surface area contributed by atoms with Crippen molar-refractivity contribution in [3.63, 3.8) is 0 Å². The number of thioether (sulfide) groups is 1. The molecule has 46 valence electrons. The van der Waals surface area contributed by atoms with E-state index in [1.54, 1.807) is 4.90 Å². The second kappa shape index (κ2) is 2.40. The summed E-state index contributed by atoms with van der Waals surface area (Å²) < 4.78 is 0. The lowest BCUT2D eigenvalue weighted by molar-refractivity contribution is 0.232. The SMILES string of the molecule is CN1CCCSC1=O. The Balaban J connectivity index is 2.39. The molecule has 1 fully saturated rings. The fraction of sp³-hybridized carbons (Fsp3) is 0.800. The van der Waals surface area contributed by atoms with Gasteiger partial charge in [-0.15, -0.1) is 0 Å². The Morgan fingerprint density at radius 2 is 2.50 bits per heavy atom. The highest BCUT2D eigenvalue weighted by Crippen LogP contribution is 2.14. The zero-order chi connectivity index (χ0) is 5.98. The van der Waals surface area contributed by atoms with E-state index >= 15 is 0 Å². The van der Waals surface area contributed by atoms with Gasteiger partial charge in [-0.3, -0.25) is 4.79 Å². The predicted molar refractivity (Wildman–Crippen MR) is 35.1 cm³/mol. The Kier molecular flexibility index (Phi) is 1.78. The van der Waals surface area contributed by atoms with E-state index in [9.17, 15) is 4.79 Å². The molecule has 1 rings (SSSR count). The van der Waals surface area contributed by atoms with Crippen LogP contribution in [0.4, 0.5) is 4.79 Å². The molecule has 0 aromatic rings. The monoisotopic (exact) mass is 131 g/mol. The molecule has 0 spiro atoms. The second-order valence-electron chi connectivity index (χ2n) is 1.89. The zero-order valence-corrected chi connectivity index (χ0v) is 5.70. The second-order valence-corrected chi connectivity index (χ2v) is 2.94. The molecule has 0 saturated carbocycles. The summed E-state index contributed by atoms with van der Waals surface area (Å²) in [7, 11) is 1.84. The average molecular weight is 131 g/mol. The molecule has 1 aliphatic rings. The summed E-state index contributed by atoms with van der Waals surface area (Å²) in [6, 6.07) is 0. The van der Waals surface area contributed by atoms with E-state index < -0.39 is 0 Å². The van der Waals surface area contributed by atoms with Crippen LogP contribution in [0.2, 0.25) is 0 Å². The molecule has 8 heavy (non-hydrogen) atoms. The van der Waals surface area contributed by atoms with Crippen LogP contribution in [0.3, 0.4) is 0 Å². The molecular formula is C5H9NOS. The molecule has 0 bridgehead atoms. The minimum absolute atomic E-state index is 0.219. The lowest BCUT2D eigenvalue weighted by Crippen LogP contribution is -2.28. The first-order valence-electron chi connectivity index (χ1n) is 2.68. The molecule has 0 unspecified atom stereocenters. The molecule has 1 saturated heterocycles. The molecule has 1 heterocycles. The van der Waals surface area contributed by atoms with Gasteiger partial charge in [0.1, 0.15) is 0 Å². The molecule has 0 atom stereocenters. The van der Waals surface area contributed by atoms with Crippen LogP contribution in [0.15, 0.2) is 0 Å². The molecule has 0 aliphatic carbocycles. The number of rotatable bonds is 0. The van der Waals surface area contributed by atoms with Crippen molar-refractivity contribution in [3.8, 4) is 0 Å². The van der Waals surface area contributed by atoms with Gasteiger partial charge < -0.3 is 4.90 Å². The minimum atomic E-state index is 0.219. The lowest BCUT2D eigenvalue weighted by atomic mass is 10.4. The van der Waals surface area contributed by atoms with E-state index in [1.165, 1.54) is 11.8 Å². The molecule has 0 aromatic heterocycles. The smallest absolute Gasteiger partial charge is 0.281 e. The fourth-order valence-electron chi connectivity index (χ4n) is 0.663. The summed E-state index contributed by atoms with van der Waals surface area (Å²) in [5, 5.41) is 0.219. The Morgan fingerprint density at radius 3 is 2.88 bits per heavy atom. The van der Waals surface area contributed by atoms with Gasteiger partial charge in [0.2, 0.25) is 0 Å². The van der Waals surface area contributed by atoms with Crippen molar-refractivity contribution in [2.24, 2.45) is 0 Å². The normalized spacial score (nSPS) is 21.6. The maximum atomic E-state index is 10.7. The van der Waals surface area contributed by atoms with Crippen molar-refractivity contribution >= 4 is 17.0 Å². The first-order valence-corrected chi connectivity index (χ1v) is 3.67. The Morgan fingerprint density at radius 1 is 1.75 bits per heavy atom. The van der Waals surface area contributed by atoms with Crippen LogP contribution in [0.1, 0.15) is 6.42 Å². The molecule has 1 aliphatic heterocycles. The Bertz CT molecular complexity index is 105. The third kappa shape index (κ3) is 1.15. The largest absolute Gasteiger partial charge is 0.337 e. The van der Waals surface area contributed by atoms with Crippen molar-refractivity contribution < 1.29 is 4.79 Å². The van der Waals surface area contributed by atoms with E-state index in [1.807, 2.05) is 7.05 Å². The summed E-state index contributed by atoms with van der Waals surface area (Å²) in [5.74, 6) is 1.00. The van der Waals surface area contributed by atoms with Gasteiger partial charge in [-0.05, 0) is 6.42 Å². The van der Waals surface area contributed by atoms with E-state index in [0.29, 0.717) is 0 Å². The van der Waals surface area contributed by atoms with Crippen molar-refractivity contribution in [2.45, 2.75) is 6.42 Å². The molecule has 0 N–H and O–H groups in total. The molecule has 3 heteroatoms. The highest BCUT2D eigenvalue weighted by atomic mass is 32.2. The fourth-order valence-corrected chi connectivity index (χ4v) is 1.42. The van der Waals surface area contributed by atoms with Gasteiger partial charge >= 0.3 is 0 Å². The summed E-state index contributed by atoms with van der Waals surface area (Å²) in [5.41, 5.74) is 0. The molecule has 2 nitrogen and oxygen atoms in total. The van der Waals surface area contributed by atoms with Crippen LogP contribution in [-0.4, -0.2) is 29.5 Å². The van der Waals surface area contributed by atoms with Crippen LogP contribution in [-0.2, 0) is 0 Å². The number of amides is 1. The summed E-state index contributed by atoms with van der Waals surface area (Å²) in [6.07, 6.45) is 1.15. The van der Waals surface area contributed by atoms with E-state index in [4.69, 9.17) is 0 Å². The Labute approximate surface area is 53.2 Å². The van der Waals surface area contributed by atoms with Crippen LogP contribution < -0.4 is 0 Å². The van der Waals surface area contributed by atoms with E-state index in [-0.39, 0.29) is 5.24 Å². The third-order valence-corrected chi connectivity index (χ3v) is 2.23. The van der Waals surface area contributed by atoms with Gasteiger partial charge in [-0.1, -0.05) is 11.8 Å². The topological polar surface area (TPSA) is 20.3 Å². The van der Waals surface area contributed by atoms with Gasteiger partial charge in [-0.2, -0.15) is 0 Å². The van der Waals surface area contributed by atoms with Crippen LogP contribution in [0.25, 0.3) is 0 Å². The maximum Gasteiger partial charge on any atom is 0.281 e. The van der Waals surface area contributed by atoms with Gasteiger partial charge in [-0.25, -0.2) is 0 Å². The van der Waals surface area contributed by atoms with Gasteiger partial charge in [0, 0.05) is 19.3 Å². The third-order valence-electron chi connectivity index (χ3n) is 1.18. The zero-order valence-electron chi connectivity index (χ0n) is 4.89. The average Bonchev–Trinajstić information content (AvgIpc) is 1.77. The van der Waals surface area contributed by atoms with Crippen LogP contribution >= 0.6 is 11.8 Å². The summed E-state index contributed by atoms with van der Waals surface area (Å²) in [6.45, 7) is 0.936. The van der Waals surface area contributed by atoms with Crippen LogP contribution in [0.5, 0.6) is 0 Å². The quantitative estimate of drug-likeness (QED) is 0.492. The molecular weight excluding hydrogens is 122 g/mol. The number of hydrogen-bond acceptors (Lipinski definition) is 2. The number of carbonyl (C=O) groups is 1. The number of carbonyl (C=O) groups excluding carboxylic acids is 1. The van der Waals surface area contributed by atoms with Crippen LogP contribution in [0, 0.1) is 0 Å². The van der Waals surface area contributed by atoms with Crippen molar-refractivity contribution in [1.82, 2.24) is 4.90 Å². The standard InChI is InChI=1S/C5H9NOS/c1-6-3-2-4-8-5(6)7/h2-4H2,1H3. The Hall–Kier alpha value is -0.180. The van der Waals surface area contributed by atoms with Crippen molar-refractivity contribution in [3.05, 3.63) is 0 Å². The van der Waals surface area contributed by atoms with Gasteiger partial charge in [0.25, 0.3) is 5.24 Å². The first-order chi connectivity index (χ1) is 3.80. The van der Waals surface area contributed by atoms with Crippen molar-refractivity contribution in [2.75, 3.05) is 19.3 Å². The molecule has 1 amide bonds. The molecule has 0 aromatic carbocycles. The molecule has 0 radical (unpaired) electrons. The number of nitrogens with zero attached hydrogens (tertiary/aromatic N) is 1. The predicted octanol–water partition coefficient (Wildman–Crippen LogP) is 1.18.